The van der Waals surface area contributed by atoms with Crippen LogP contribution < -0.4 is 10.6 Å². The van der Waals surface area contributed by atoms with Gasteiger partial charge in [0.1, 0.15) is 0 Å². The lowest BCUT2D eigenvalue weighted by Gasteiger charge is -2.19. The van der Waals surface area contributed by atoms with Crippen molar-refractivity contribution >= 4 is 17.5 Å². The maximum Gasteiger partial charge on any atom is 0.417 e. The van der Waals surface area contributed by atoms with Gasteiger partial charge in [0.15, 0.2) is 0 Å². The quantitative estimate of drug-likeness (QED) is 0.395. The molecule has 10 heteroatoms. The molecule has 0 atom stereocenters. The van der Waals surface area contributed by atoms with Crippen LogP contribution in [0, 0.1) is 0 Å². The molecule has 0 aliphatic carbocycles. The van der Waals surface area contributed by atoms with Gasteiger partial charge in [-0.2, -0.15) is 26.3 Å². The molecule has 0 spiro atoms. The summed E-state index contributed by atoms with van der Waals surface area (Å²) in [5.41, 5.74) is -3.54. The van der Waals surface area contributed by atoms with Crippen LogP contribution in [0.15, 0.2) is 60.7 Å². The number of aryl methyl sites for hydroxylation is 1. The number of benzene rings is 3. The van der Waals surface area contributed by atoms with Crippen molar-refractivity contribution in [1.29, 1.82) is 0 Å². The number of rotatable bonds is 5. The summed E-state index contributed by atoms with van der Waals surface area (Å²) >= 11 is 0. The molecule has 35 heavy (non-hydrogen) atoms. The molecule has 0 heterocycles. The third kappa shape index (κ3) is 5.82. The number of anilines is 1. The maximum absolute atomic E-state index is 13.9. The number of hydrogen-bond acceptors (Lipinski definition) is 2. The van der Waals surface area contributed by atoms with Crippen molar-refractivity contribution in [3.05, 3.63) is 88.5 Å². The van der Waals surface area contributed by atoms with E-state index < -0.39 is 46.4 Å². The van der Waals surface area contributed by atoms with Crippen molar-refractivity contribution in [3.8, 4) is 11.1 Å². The topological polar surface area (TPSA) is 58.2 Å². The van der Waals surface area contributed by atoms with E-state index in [0.717, 1.165) is 24.3 Å². The lowest BCUT2D eigenvalue weighted by Crippen LogP contribution is -2.19. The van der Waals surface area contributed by atoms with Crippen LogP contribution >= 0.6 is 0 Å². The van der Waals surface area contributed by atoms with E-state index in [1.165, 1.54) is 37.4 Å². The van der Waals surface area contributed by atoms with E-state index in [-0.39, 0.29) is 23.2 Å². The molecule has 0 aliphatic rings. The molecule has 3 aromatic carbocycles. The Balaban J connectivity index is 2.05. The summed E-state index contributed by atoms with van der Waals surface area (Å²) < 4.78 is 82.7. The zero-order valence-corrected chi connectivity index (χ0v) is 18.6. The molecule has 3 aromatic rings. The Kier molecular flexibility index (Phi) is 7.23. The van der Waals surface area contributed by atoms with E-state index >= 15 is 0 Å². The minimum absolute atomic E-state index is 0.0123. The SMILES string of the molecule is CCc1ccc(-c2ccc(NC(=O)c3cccc(C(=O)NC)c3)cc2C(F)(F)F)c(C(F)(F)F)c1. The van der Waals surface area contributed by atoms with Gasteiger partial charge in [-0.3, -0.25) is 9.59 Å². The fourth-order valence-corrected chi connectivity index (χ4v) is 3.52. The molecule has 0 saturated carbocycles. The van der Waals surface area contributed by atoms with Gasteiger partial charge in [-0.05, 0) is 59.5 Å². The first kappa shape index (κ1) is 25.8. The van der Waals surface area contributed by atoms with Crippen molar-refractivity contribution in [1.82, 2.24) is 5.32 Å². The number of carbonyl (C=O) groups is 2. The molecule has 2 amide bonds. The Morgan fingerprint density at radius 2 is 1.29 bits per heavy atom. The lowest BCUT2D eigenvalue weighted by molar-refractivity contribution is -0.139. The molecule has 0 aromatic heterocycles. The summed E-state index contributed by atoms with van der Waals surface area (Å²) in [5, 5.41) is 4.69. The van der Waals surface area contributed by atoms with E-state index in [4.69, 9.17) is 0 Å². The van der Waals surface area contributed by atoms with Crippen LogP contribution in [0.4, 0.5) is 32.0 Å². The monoisotopic (exact) mass is 494 g/mol. The van der Waals surface area contributed by atoms with Gasteiger partial charge in [0.2, 0.25) is 0 Å². The predicted octanol–water partition coefficient (Wildman–Crippen LogP) is 6.57. The Morgan fingerprint density at radius 3 is 1.83 bits per heavy atom. The first-order valence-electron chi connectivity index (χ1n) is 10.4. The fourth-order valence-electron chi connectivity index (χ4n) is 3.52. The van der Waals surface area contributed by atoms with Gasteiger partial charge in [0.05, 0.1) is 11.1 Å². The largest absolute Gasteiger partial charge is 0.417 e. The molecule has 0 fully saturated rings. The summed E-state index contributed by atoms with van der Waals surface area (Å²) in [5.74, 6) is -1.25. The van der Waals surface area contributed by atoms with Gasteiger partial charge < -0.3 is 10.6 Å². The van der Waals surface area contributed by atoms with Crippen LogP contribution in [0.2, 0.25) is 0 Å². The van der Waals surface area contributed by atoms with E-state index in [9.17, 15) is 35.9 Å². The third-order valence-corrected chi connectivity index (χ3v) is 5.28. The number of nitrogens with one attached hydrogen (secondary N) is 2. The van der Waals surface area contributed by atoms with E-state index in [2.05, 4.69) is 10.6 Å². The fraction of sp³-hybridized carbons (Fsp3) is 0.200. The van der Waals surface area contributed by atoms with Crippen molar-refractivity contribution in [3.63, 3.8) is 0 Å². The van der Waals surface area contributed by atoms with Crippen molar-refractivity contribution in [2.75, 3.05) is 12.4 Å². The highest BCUT2D eigenvalue weighted by Crippen LogP contribution is 2.43. The van der Waals surface area contributed by atoms with Crippen molar-refractivity contribution in [2.24, 2.45) is 0 Å². The highest BCUT2D eigenvalue weighted by atomic mass is 19.4. The van der Waals surface area contributed by atoms with E-state index in [1.807, 2.05) is 0 Å². The summed E-state index contributed by atoms with van der Waals surface area (Å²) in [6.07, 6.45) is -9.59. The normalized spacial score (nSPS) is 11.8. The van der Waals surface area contributed by atoms with Crippen LogP contribution in [0.3, 0.4) is 0 Å². The molecule has 0 bridgehead atoms. The number of amides is 2. The Bertz CT molecular complexity index is 1270. The van der Waals surface area contributed by atoms with Gasteiger partial charge >= 0.3 is 12.4 Å². The zero-order chi connectivity index (χ0) is 26.0. The van der Waals surface area contributed by atoms with E-state index in [0.29, 0.717) is 11.6 Å². The summed E-state index contributed by atoms with van der Waals surface area (Å²) in [7, 11) is 1.40. The highest BCUT2D eigenvalue weighted by molar-refractivity contribution is 6.06. The lowest BCUT2D eigenvalue weighted by atomic mass is 9.92. The van der Waals surface area contributed by atoms with Crippen LogP contribution in [-0.4, -0.2) is 18.9 Å². The molecule has 3 rings (SSSR count). The Labute approximate surface area is 197 Å². The van der Waals surface area contributed by atoms with Crippen LogP contribution in [-0.2, 0) is 18.8 Å². The molecule has 0 aliphatic heterocycles. The highest BCUT2D eigenvalue weighted by Gasteiger charge is 2.38. The molecule has 0 radical (unpaired) electrons. The molecule has 0 unspecified atom stereocenters. The van der Waals surface area contributed by atoms with Gasteiger partial charge in [-0.25, -0.2) is 0 Å². The first-order valence-corrected chi connectivity index (χ1v) is 10.4. The summed E-state index contributed by atoms with van der Waals surface area (Å²) in [6.45, 7) is 1.64. The van der Waals surface area contributed by atoms with Gasteiger partial charge in [-0.1, -0.05) is 31.2 Å². The van der Waals surface area contributed by atoms with Gasteiger partial charge in [0.25, 0.3) is 11.8 Å². The Morgan fingerprint density at radius 1 is 0.743 bits per heavy atom. The average molecular weight is 494 g/mol. The third-order valence-electron chi connectivity index (χ3n) is 5.28. The Hall–Kier alpha value is -3.82. The molecule has 4 nitrogen and oxygen atoms in total. The predicted molar refractivity (Wildman–Crippen MR) is 119 cm³/mol. The average Bonchev–Trinajstić information content (AvgIpc) is 2.82. The maximum atomic E-state index is 13.9. The minimum atomic E-state index is -5.00. The molecular weight excluding hydrogens is 474 g/mol. The van der Waals surface area contributed by atoms with Crippen LogP contribution in [0.1, 0.15) is 44.3 Å². The number of hydrogen-bond donors (Lipinski definition) is 2. The number of alkyl halides is 6. The second-order valence-electron chi connectivity index (χ2n) is 7.60. The molecular formula is C25H20F6N2O2. The number of halogens is 6. The summed E-state index contributed by atoms with van der Waals surface area (Å²) in [6, 6.07) is 11.3. The van der Waals surface area contributed by atoms with Gasteiger partial charge in [0, 0.05) is 23.9 Å². The van der Waals surface area contributed by atoms with Gasteiger partial charge in [-0.15, -0.1) is 0 Å². The second-order valence-corrected chi connectivity index (χ2v) is 7.60. The number of carbonyl (C=O) groups excluding carboxylic acids is 2. The standard InChI is InChI=1S/C25H20F6N2O2/c1-3-14-7-9-18(20(11-14)24(26,27)28)19-10-8-17(13-21(19)25(29,30)31)33-23(35)16-6-4-5-15(12-16)22(34)32-2/h4-13H,3H2,1-2H3,(H,32,34)(H,33,35). The zero-order valence-electron chi connectivity index (χ0n) is 18.6. The minimum Gasteiger partial charge on any atom is -0.355 e. The van der Waals surface area contributed by atoms with Crippen molar-refractivity contribution in [2.45, 2.75) is 25.7 Å². The van der Waals surface area contributed by atoms with Crippen LogP contribution in [0.5, 0.6) is 0 Å². The molecule has 184 valence electrons. The molecule has 2 N–H and O–H groups in total. The molecule has 0 saturated heterocycles. The van der Waals surface area contributed by atoms with Crippen molar-refractivity contribution < 1.29 is 35.9 Å². The second kappa shape index (κ2) is 9.81. The van der Waals surface area contributed by atoms with Crippen LogP contribution in [0.25, 0.3) is 11.1 Å². The first-order chi connectivity index (χ1) is 16.3. The van der Waals surface area contributed by atoms with E-state index in [1.54, 1.807) is 6.92 Å². The smallest absolute Gasteiger partial charge is 0.355 e. The summed E-state index contributed by atoms with van der Waals surface area (Å²) in [4.78, 5) is 24.3.